The van der Waals surface area contributed by atoms with E-state index in [1.165, 1.54) is 4.57 Å². The molecule has 5 heteroatoms. The normalized spacial score (nSPS) is 18.2. The number of nitrogens with zero attached hydrogens (tertiary/aromatic N) is 1. The SMILES string of the molecule is Cc1ccc(C2(C(F)(F)F)Nc3ccccc3-c3c(C)c4ccccc4n32)cc1. The number of hydrogen-bond acceptors (Lipinski definition) is 1. The number of fused-ring (bicyclic) bond motifs is 5. The monoisotopic (exact) mass is 392 g/mol. The molecule has 1 aromatic heterocycles. The number of nitrogens with one attached hydrogen (secondary N) is 1. The summed E-state index contributed by atoms with van der Waals surface area (Å²) < 4.78 is 46.5. The Labute approximate surface area is 166 Å². The molecule has 5 rings (SSSR count). The minimum atomic E-state index is -4.58. The van der Waals surface area contributed by atoms with Gasteiger partial charge in [-0.25, -0.2) is 0 Å². The second kappa shape index (κ2) is 5.89. The highest BCUT2D eigenvalue weighted by atomic mass is 19.4. The Bertz CT molecular complexity index is 1240. The number of alkyl halides is 3. The smallest absolute Gasteiger partial charge is 0.351 e. The molecule has 0 radical (unpaired) electrons. The molecular formula is C24H19F3N2. The van der Waals surface area contributed by atoms with E-state index in [0.29, 0.717) is 16.9 Å². The maximum atomic E-state index is 15.0. The lowest BCUT2D eigenvalue weighted by molar-refractivity contribution is -0.189. The van der Waals surface area contributed by atoms with Crippen LogP contribution in [0.3, 0.4) is 0 Å². The van der Waals surface area contributed by atoms with Crippen molar-refractivity contribution in [3.8, 4) is 11.3 Å². The van der Waals surface area contributed by atoms with Gasteiger partial charge in [0.25, 0.3) is 0 Å². The van der Waals surface area contributed by atoms with Gasteiger partial charge in [0, 0.05) is 22.2 Å². The van der Waals surface area contributed by atoms with Gasteiger partial charge in [0.1, 0.15) is 0 Å². The van der Waals surface area contributed by atoms with Crippen LogP contribution in [0.5, 0.6) is 0 Å². The van der Waals surface area contributed by atoms with Crippen molar-refractivity contribution in [1.29, 1.82) is 0 Å². The van der Waals surface area contributed by atoms with Crippen LogP contribution in [0.4, 0.5) is 18.9 Å². The molecule has 146 valence electrons. The number of aryl methyl sites for hydroxylation is 2. The van der Waals surface area contributed by atoms with E-state index < -0.39 is 11.8 Å². The van der Waals surface area contributed by atoms with Crippen LogP contribution in [0, 0.1) is 13.8 Å². The van der Waals surface area contributed by atoms with Crippen LogP contribution in [0.1, 0.15) is 16.7 Å². The minimum Gasteiger partial charge on any atom is -0.351 e. The van der Waals surface area contributed by atoms with Gasteiger partial charge in [-0.2, -0.15) is 13.2 Å². The molecule has 1 unspecified atom stereocenters. The summed E-state index contributed by atoms with van der Waals surface area (Å²) in [5.74, 6) is 0. The summed E-state index contributed by atoms with van der Waals surface area (Å²) in [5, 5.41) is 3.71. The molecule has 4 aromatic rings. The van der Waals surface area contributed by atoms with Crippen molar-refractivity contribution in [1.82, 2.24) is 4.57 Å². The number of anilines is 1. The van der Waals surface area contributed by atoms with E-state index in [9.17, 15) is 0 Å². The number of halogens is 3. The summed E-state index contributed by atoms with van der Waals surface area (Å²) in [4.78, 5) is 0. The van der Waals surface area contributed by atoms with Crippen molar-refractivity contribution in [2.24, 2.45) is 0 Å². The maximum Gasteiger partial charge on any atom is 0.435 e. The van der Waals surface area contributed by atoms with E-state index in [0.717, 1.165) is 22.1 Å². The van der Waals surface area contributed by atoms with Crippen LogP contribution in [-0.4, -0.2) is 10.7 Å². The van der Waals surface area contributed by atoms with Crippen LogP contribution < -0.4 is 5.32 Å². The first kappa shape index (κ1) is 17.9. The molecule has 1 atom stereocenters. The number of aromatic nitrogens is 1. The predicted octanol–water partition coefficient (Wildman–Crippen LogP) is 6.61. The fraction of sp³-hybridized carbons (Fsp3) is 0.167. The minimum absolute atomic E-state index is 0.159. The van der Waals surface area contributed by atoms with E-state index in [2.05, 4.69) is 5.32 Å². The lowest BCUT2D eigenvalue weighted by Crippen LogP contribution is -2.56. The summed E-state index contributed by atoms with van der Waals surface area (Å²) in [5.41, 5.74) is 1.91. The van der Waals surface area contributed by atoms with Crippen LogP contribution >= 0.6 is 0 Å². The van der Waals surface area contributed by atoms with Crippen molar-refractivity contribution < 1.29 is 13.2 Å². The van der Waals surface area contributed by atoms with E-state index in [1.54, 1.807) is 48.5 Å². The van der Waals surface area contributed by atoms with Crippen molar-refractivity contribution in [2.75, 3.05) is 5.32 Å². The predicted molar refractivity (Wildman–Crippen MR) is 110 cm³/mol. The van der Waals surface area contributed by atoms with Crippen LogP contribution in [0.15, 0.2) is 72.8 Å². The molecule has 1 N–H and O–H groups in total. The first-order chi connectivity index (χ1) is 13.8. The molecular weight excluding hydrogens is 373 g/mol. The molecule has 0 amide bonds. The highest BCUT2D eigenvalue weighted by Gasteiger charge is 2.61. The average Bonchev–Trinajstić information content (AvgIpc) is 3.01. The molecule has 3 aromatic carbocycles. The van der Waals surface area contributed by atoms with Crippen molar-refractivity contribution in [3.05, 3.63) is 89.5 Å². The highest BCUT2D eigenvalue weighted by Crippen LogP contribution is 2.53. The van der Waals surface area contributed by atoms with Crippen molar-refractivity contribution >= 4 is 16.6 Å². The van der Waals surface area contributed by atoms with Crippen LogP contribution in [-0.2, 0) is 5.66 Å². The number of hydrogen-bond donors (Lipinski definition) is 1. The molecule has 0 aliphatic carbocycles. The average molecular weight is 392 g/mol. The van der Waals surface area contributed by atoms with E-state index >= 15 is 13.2 Å². The summed E-state index contributed by atoms with van der Waals surface area (Å²) in [6.45, 7) is 3.76. The Balaban J connectivity index is 2.00. The molecule has 2 nitrogen and oxygen atoms in total. The Hall–Kier alpha value is -3.21. The molecule has 0 fully saturated rings. The van der Waals surface area contributed by atoms with Gasteiger partial charge in [0.2, 0.25) is 5.66 Å². The van der Waals surface area contributed by atoms with Crippen molar-refractivity contribution in [3.63, 3.8) is 0 Å². The van der Waals surface area contributed by atoms with Gasteiger partial charge in [-0.3, -0.25) is 0 Å². The van der Waals surface area contributed by atoms with Gasteiger partial charge in [0.15, 0.2) is 0 Å². The Kier molecular flexibility index (Phi) is 3.63. The molecule has 0 spiro atoms. The van der Waals surface area contributed by atoms with Gasteiger partial charge in [-0.05, 0) is 31.5 Å². The summed E-state index contributed by atoms with van der Waals surface area (Å²) >= 11 is 0. The Morgan fingerprint density at radius 3 is 2.21 bits per heavy atom. The van der Waals surface area contributed by atoms with E-state index in [1.807, 2.05) is 38.1 Å². The largest absolute Gasteiger partial charge is 0.435 e. The van der Waals surface area contributed by atoms with Gasteiger partial charge >= 0.3 is 6.18 Å². The third-order valence-electron chi connectivity index (χ3n) is 5.84. The molecule has 0 bridgehead atoms. The van der Waals surface area contributed by atoms with E-state index in [4.69, 9.17) is 0 Å². The number of benzene rings is 3. The zero-order chi connectivity index (χ0) is 20.4. The van der Waals surface area contributed by atoms with Crippen LogP contribution in [0.25, 0.3) is 22.2 Å². The van der Waals surface area contributed by atoms with Crippen LogP contribution in [0.2, 0.25) is 0 Å². The molecule has 1 aliphatic rings. The lowest BCUT2D eigenvalue weighted by Gasteiger charge is -2.44. The second-order valence-electron chi connectivity index (χ2n) is 7.57. The summed E-state index contributed by atoms with van der Waals surface area (Å²) in [6, 6.07) is 21.1. The number of para-hydroxylation sites is 2. The third kappa shape index (κ3) is 2.30. The first-order valence-electron chi connectivity index (χ1n) is 9.46. The zero-order valence-corrected chi connectivity index (χ0v) is 16.0. The summed E-state index contributed by atoms with van der Waals surface area (Å²) in [6.07, 6.45) is -4.58. The molecule has 2 heterocycles. The molecule has 1 aliphatic heterocycles. The van der Waals surface area contributed by atoms with Crippen molar-refractivity contribution in [2.45, 2.75) is 25.7 Å². The third-order valence-corrected chi connectivity index (χ3v) is 5.84. The molecule has 0 saturated carbocycles. The topological polar surface area (TPSA) is 17.0 Å². The first-order valence-corrected chi connectivity index (χ1v) is 9.46. The Morgan fingerprint density at radius 1 is 0.828 bits per heavy atom. The zero-order valence-electron chi connectivity index (χ0n) is 16.0. The van der Waals surface area contributed by atoms with Gasteiger partial charge in [-0.15, -0.1) is 0 Å². The maximum absolute atomic E-state index is 15.0. The fourth-order valence-electron chi connectivity index (χ4n) is 4.48. The van der Waals surface area contributed by atoms with Gasteiger partial charge < -0.3 is 9.88 Å². The van der Waals surface area contributed by atoms with Gasteiger partial charge in [-0.1, -0.05) is 66.2 Å². The lowest BCUT2D eigenvalue weighted by atomic mass is 9.91. The van der Waals surface area contributed by atoms with E-state index in [-0.39, 0.29) is 5.56 Å². The fourth-order valence-corrected chi connectivity index (χ4v) is 4.48. The Morgan fingerprint density at radius 2 is 1.48 bits per heavy atom. The highest BCUT2D eigenvalue weighted by molar-refractivity contribution is 5.96. The summed E-state index contributed by atoms with van der Waals surface area (Å²) in [7, 11) is 0. The standard InChI is InChI=1S/C24H19F3N2/c1-15-11-13-17(14-12-15)23(24(25,26)27)28-20-9-5-3-8-19(20)22-16(2)18-7-4-6-10-21(18)29(22)23/h3-14,28H,1-2H3. The molecule has 29 heavy (non-hydrogen) atoms. The molecule has 0 saturated heterocycles. The van der Waals surface area contributed by atoms with Gasteiger partial charge in [0.05, 0.1) is 11.2 Å². The quantitative estimate of drug-likeness (QED) is 0.385. The second-order valence-corrected chi connectivity index (χ2v) is 7.57. The number of rotatable bonds is 1.